The fourth-order valence-corrected chi connectivity index (χ4v) is 6.80. The Hall–Kier alpha value is 0.210. The second-order valence-electron chi connectivity index (χ2n) is 6.86. The van der Waals surface area contributed by atoms with Gasteiger partial charge in [0.15, 0.2) is 5.78 Å². The summed E-state index contributed by atoms with van der Waals surface area (Å²) in [6.07, 6.45) is 8.14. The maximum Gasteiger partial charge on any atom is 0.187 e. The number of ketones is 1. The van der Waals surface area contributed by atoms with Crippen LogP contribution in [-0.2, 0) is 9.53 Å². The predicted molar refractivity (Wildman–Crippen MR) is 74.8 cm³/mol. The first kappa shape index (κ1) is 12.9. The molecule has 0 radical (unpaired) electrons. The van der Waals surface area contributed by atoms with E-state index in [4.69, 9.17) is 27.9 Å². The van der Waals surface area contributed by atoms with E-state index >= 15 is 0 Å². The molecule has 2 nitrogen and oxygen atoms in total. The van der Waals surface area contributed by atoms with Crippen molar-refractivity contribution >= 4 is 29.0 Å². The van der Waals surface area contributed by atoms with E-state index in [1.165, 1.54) is 19.3 Å². The predicted octanol–water partition coefficient (Wildman–Crippen LogP) is 3.67. The van der Waals surface area contributed by atoms with Gasteiger partial charge >= 0.3 is 0 Å². The summed E-state index contributed by atoms with van der Waals surface area (Å²) in [4.78, 5) is 11.7. The number of hydrogen-bond donors (Lipinski definition) is 0. The van der Waals surface area contributed by atoms with E-state index < -0.39 is 15.3 Å². The van der Waals surface area contributed by atoms with Crippen LogP contribution >= 0.6 is 23.2 Å². The monoisotopic (exact) mass is 302 g/mol. The molecule has 0 aromatic heterocycles. The Morgan fingerprint density at radius 1 is 1.05 bits per heavy atom. The fraction of sp³-hybridized carbons (Fsp3) is 0.933. The quantitative estimate of drug-likeness (QED) is 0.638. The lowest BCUT2D eigenvalue weighted by Gasteiger charge is -2.46. The summed E-state index contributed by atoms with van der Waals surface area (Å²) in [5.41, 5.74) is -0.762. The lowest BCUT2D eigenvalue weighted by Crippen LogP contribution is -2.61. The van der Waals surface area contributed by atoms with Crippen LogP contribution in [0.1, 0.15) is 51.4 Å². The molecule has 0 aromatic rings. The molecule has 19 heavy (non-hydrogen) atoms. The topological polar surface area (TPSA) is 26.3 Å². The molecule has 0 unspecified atom stereocenters. The van der Waals surface area contributed by atoms with Crippen molar-refractivity contribution in [3.8, 4) is 0 Å². The Balaban J connectivity index is 1.83. The van der Waals surface area contributed by atoms with Crippen LogP contribution in [-0.4, -0.2) is 27.7 Å². The molecule has 5 atom stereocenters. The number of Topliss-reactive ketones (excluding diaryl/α,β-unsaturated/α-hetero) is 1. The Morgan fingerprint density at radius 3 is 2.47 bits per heavy atom. The van der Waals surface area contributed by atoms with Gasteiger partial charge in [-0.25, -0.2) is 0 Å². The number of ether oxygens (including phenoxy) is 1. The molecule has 0 aromatic carbocycles. The fourth-order valence-electron chi connectivity index (χ4n) is 5.40. The third kappa shape index (κ3) is 1.32. The van der Waals surface area contributed by atoms with Crippen molar-refractivity contribution in [1.29, 1.82) is 0 Å². The number of carbonyl (C=O) groups excluding carboxylic acids is 1. The molecule has 1 saturated heterocycles. The third-order valence-corrected chi connectivity index (χ3v) is 7.45. The van der Waals surface area contributed by atoms with Crippen molar-refractivity contribution < 1.29 is 9.53 Å². The molecule has 0 amide bonds. The first-order valence-corrected chi connectivity index (χ1v) is 8.37. The number of halogens is 2. The van der Waals surface area contributed by atoms with Crippen LogP contribution in [0, 0.1) is 11.8 Å². The van der Waals surface area contributed by atoms with Crippen LogP contribution in [0.25, 0.3) is 0 Å². The van der Waals surface area contributed by atoms with Gasteiger partial charge < -0.3 is 4.74 Å². The second-order valence-corrected chi connectivity index (χ2v) is 8.21. The average Bonchev–Trinajstić information content (AvgIpc) is 2.89. The minimum absolute atomic E-state index is 0.109. The van der Waals surface area contributed by atoms with Gasteiger partial charge in [0, 0.05) is 6.61 Å². The Labute approximate surface area is 124 Å². The maximum absolute atomic E-state index is 12.9. The molecule has 3 aliphatic carbocycles. The van der Waals surface area contributed by atoms with Crippen molar-refractivity contribution in [2.45, 2.75) is 66.7 Å². The number of carbonyl (C=O) groups is 1. The highest BCUT2D eigenvalue weighted by Crippen LogP contribution is 2.70. The molecule has 1 aliphatic heterocycles. The zero-order valence-electron chi connectivity index (χ0n) is 11.1. The summed E-state index contributed by atoms with van der Waals surface area (Å²) < 4.78 is 5.94. The largest absolute Gasteiger partial charge is 0.365 e. The molecule has 4 fully saturated rings. The van der Waals surface area contributed by atoms with Gasteiger partial charge in [-0.15, -0.1) is 23.2 Å². The second kappa shape index (κ2) is 3.90. The number of alkyl halides is 2. The lowest BCUT2D eigenvalue weighted by atomic mass is 9.67. The SMILES string of the molecule is O=C1[C@@]2(Cl)C[C@](Cl)([C@H]3CCCCC[C@H]32)[C@@]12CCCO2. The molecule has 1 spiro atoms. The highest BCUT2D eigenvalue weighted by Gasteiger charge is 2.80. The smallest absolute Gasteiger partial charge is 0.187 e. The molecule has 1 heterocycles. The van der Waals surface area contributed by atoms with Crippen molar-refractivity contribution in [1.82, 2.24) is 0 Å². The van der Waals surface area contributed by atoms with Gasteiger partial charge in [0.1, 0.15) is 10.5 Å². The molecular weight excluding hydrogens is 283 g/mol. The molecule has 4 aliphatic rings. The van der Waals surface area contributed by atoms with Crippen molar-refractivity contribution in [3.05, 3.63) is 0 Å². The summed E-state index contributed by atoms with van der Waals surface area (Å²) in [5, 5.41) is 0. The minimum Gasteiger partial charge on any atom is -0.365 e. The average molecular weight is 303 g/mol. The highest BCUT2D eigenvalue weighted by molar-refractivity contribution is 6.43. The summed E-state index contributed by atoms with van der Waals surface area (Å²) in [6.45, 7) is 0.657. The van der Waals surface area contributed by atoms with E-state index in [0.29, 0.717) is 18.9 Å². The Kier molecular flexibility index (Phi) is 2.65. The zero-order valence-corrected chi connectivity index (χ0v) is 12.6. The van der Waals surface area contributed by atoms with Crippen LogP contribution in [0.3, 0.4) is 0 Å². The van der Waals surface area contributed by atoms with Crippen molar-refractivity contribution in [3.63, 3.8) is 0 Å². The van der Waals surface area contributed by atoms with Crippen LogP contribution in [0.5, 0.6) is 0 Å². The van der Waals surface area contributed by atoms with Crippen LogP contribution in [0.2, 0.25) is 0 Å². The number of rotatable bonds is 0. The molecule has 4 rings (SSSR count). The van der Waals surface area contributed by atoms with Gasteiger partial charge in [-0.2, -0.15) is 0 Å². The summed E-state index contributed by atoms with van der Waals surface area (Å²) in [5.74, 6) is 0.749. The van der Waals surface area contributed by atoms with Gasteiger partial charge in [-0.1, -0.05) is 19.3 Å². The number of fused-ring (bicyclic) bond motifs is 6. The Bertz CT molecular complexity index is 432. The molecular formula is C15H20Cl2O2. The third-order valence-electron chi connectivity index (χ3n) is 6.14. The molecule has 2 bridgehead atoms. The standard InChI is InChI=1S/C15H20Cl2O2/c16-13-9-14(17,11-6-3-1-2-5-10(11)13)15(12(13)18)7-4-8-19-15/h10-11H,1-9H2/t10-,11+,13-,14+,15-/m1/s1. The van der Waals surface area contributed by atoms with Crippen LogP contribution in [0.15, 0.2) is 0 Å². The molecule has 0 N–H and O–H groups in total. The van der Waals surface area contributed by atoms with Crippen LogP contribution in [0.4, 0.5) is 0 Å². The van der Waals surface area contributed by atoms with Crippen molar-refractivity contribution in [2.24, 2.45) is 11.8 Å². The highest BCUT2D eigenvalue weighted by atomic mass is 35.5. The van der Waals surface area contributed by atoms with E-state index in [2.05, 4.69) is 0 Å². The minimum atomic E-state index is -0.762. The van der Waals surface area contributed by atoms with E-state index in [1.54, 1.807) is 0 Å². The molecule has 4 heteroatoms. The van der Waals surface area contributed by atoms with Gasteiger partial charge in [-0.3, -0.25) is 4.79 Å². The summed E-state index contributed by atoms with van der Waals surface area (Å²) >= 11 is 13.9. The van der Waals surface area contributed by atoms with E-state index in [9.17, 15) is 4.79 Å². The number of hydrogen-bond acceptors (Lipinski definition) is 2. The summed E-state index contributed by atoms with van der Waals surface area (Å²) in [7, 11) is 0. The molecule has 106 valence electrons. The summed E-state index contributed by atoms with van der Waals surface area (Å²) in [6, 6.07) is 0. The van der Waals surface area contributed by atoms with Gasteiger partial charge in [0.05, 0.1) is 4.87 Å². The Morgan fingerprint density at radius 2 is 1.79 bits per heavy atom. The maximum atomic E-state index is 12.9. The van der Waals surface area contributed by atoms with Crippen molar-refractivity contribution in [2.75, 3.05) is 6.61 Å². The van der Waals surface area contributed by atoms with Gasteiger partial charge in [-0.05, 0) is 43.9 Å². The molecule has 3 saturated carbocycles. The first-order chi connectivity index (χ1) is 9.05. The van der Waals surface area contributed by atoms with E-state index in [1.807, 2.05) is 0 Å². The van der Waals surface area contributed by atoms with E-state index in [0.717, 1.165) is 25.7 Å². The van der Waals surface area contributed by atoms with Gasteiger partial charge in [0.25, 0.3) is 0 Å². The van der Waals surface area contributed by atoms with E-state index in [-0.39, 0.29) is 11.7 Å². The lowest BCUT2D eigenvalue weighted by molar-refractivity contribution is -0.147. The zero-order chi connectivity index (χ0) is 13.3. The first-order valence-electron chi connectivity index (χ1n) is 7.61. The van der Waals surface area contributed by atoms with Crippen LogP contribution < -0.4 is 0 Å². The van der Waals surface area contributed by atoms with Gasteiger partial charge in [0.2, 0.25) is 0 Å². The normalized spacial score (nSPS) is 56.6.